The molecular weight excluding hydrogens is 544 g/mol. The van der Waals surface area contributed by atoms with Gasteiger partial charge in [0.1, 0.15) is 17.3 Å². The fraction of sp³-hybridized carbons (Fsp3) is 0.200. The number of methoxy groups -OCH3 is 2. The molecule has 10 nitrogen and oxygen atoms in total. The third kappa shape index (κ3) is 6.62. The molecule has 41 heavy (non-hydrogen) atoms. The number of rotatable bonds is 10. The number of nitriles is 1. The highest BCUT2D eigenvalue weighted by molar-refractivity contribution is 8.03. The number of ketones is 1. The molecule has 1 aromatic heterocycles. The number of thioether (sulfide) groups is 1. The molecule has 0 radical (unpaired) electrons. The van der Waals surface area contributed by atoms with Gasteiger partial charge in [-0.25, -0.2) is 0 Å². The predicted octanol–water partition coefficient (Wildman–Crippen LogP) is 5.21. The Hall–Kier alpha value is -4.95. The zero-order chi connectivity index (χ0) is 29.5. The molecule has 4 rings (SSSR count). The average Bonchev–Trinajstić information content (AvgIpc) is 3.50. The molecule has 0 spiro atoms. The van der Waals surface area contributed by atoms with Crippen molar-refractivity contribution in [1.29, 1.82) is 5.26 Å². The van der Waals surface area contributed by atoms with Gasteiger partial charge >= 0.3 is 0 Å². The van der Waals surface area contributed by atoms with Crippen LogP contribution in [-0.2, 0) is 9.59 Å². The summed E-state index contributed by atoms with van der Waals surface area (Å²) in [5.41, 5.74) is 2.49. The lowest BCUT2D eigenvalue weighted by molar-refractivity contribution is -0.114. The molecule has 0 saturated heterocycles. The Balaban J connectivity index is 1.57. The van der Waals surface area contributed by atoms with E-state index in [9.17, 15) is 19.6 Å². The standard InChI is InChI=1S/C30H28N4O6S/c1-17-27(29(37)34-23-14-21(38-3)11-12-24(23)39-4)28(25-6-5-13-40-25)22(15-31)30(32-17)41-16-26(36)33-20-9-7-19(8-10-20)18(2)35/h5-14,28,32H,16H2,1-4H3,(H,33,36)(H,34,37). The summed E-state index contributed by atoms with van der Waals surface area (Å²) in [6.07, 6.45) is 1.47. The first-order valence-electron chi connectivity index (χ1n) is 12.5. The number of anilines is 2. The molecule has 1 atom stereocenters. The highest BCUT2D eigenvalue weighted by atomic mass is 32.2. The Bertz CT molecular complexity index is 1570. The van der Waals surface area contributed by atoms with E-state index < -0.39 is 11.8 Å². The number of hydrogen-bond acceptors (Lipinski definition) is 9. The Labute approximate surface area is 241 Å². The summed E-state index contributed by atoms with van der Waals surface area (Å²) >= 11 is 1.13. The molecule has 1 unspecified atom stereocenters. The normalized spacial score (nSPS) is 14.6. The minimum atomic E-state index is -0.822. The summed E-state index contributed by atoms with van der Waals surface area (Å²) in [4.78, 5) is 37.9. The maximum atomic E-state index is 13.7. The lowest BCUT2D eigenvalue weighted by Crippen LogP contribution is -2.31. The monoisotopic (exact) mass is 572 g/mol. The van der Waals surface area contributed by atoms with Crippen LogP contribution in [-0.4, -0.2) is 37.6 Å². The number of amides is 2. The van der Waals surface area contributed by atoms with E-state index in [0.717, 1.165) is 11.8 Å². The van der Waals surface area contributed by atoms with Crippen molar-refractivity contribution in [2.75, 3.05) is 30.6 Å². The minimum Gasteiger partial charge on any atom is -0.497 e. The average molecular weight is 573 g/mol. The summed E-state index contributed by atoms with van der Waals surface area (Å²) < 4.78 is 16.3. The molecule has 3 aromatic rings. The number of furan rings is 1. The number of allylic oxidation sites excluding steroid dienone is 2. The number of nitrogens with one attached hydrogen (secondary N) is 3. The quantitative estimate of drug-likeness (QED) is 0.279. The lowest BCUT2D eigenvalue weighted by Gasteiger charge is -2.28. The van der Waals surface area contributed by atoms with Crippen molar-refractivity contribution < 1.29 is 28.3 Å². The van der Waals surface area contributed by atoms with Crippen molar-refractivity contribution in [2.24, 2.45) is 0 Å². The zero-order valence-electron chi connectivity index (χ0n) is 22.9. The van der Waals surface area contributed by atoms with Crippen LogP contribution >= 0.6 is 11.8 Å². The van der Waals surface area contributed by atoms with Gasteiger partial charge in [0.15, 0.2) is 5.78 Å². The maximum Gasteiger partial charge on any atom is 0.254 e. The number of ether oxygens (including phenoxy) is 2. The van der Waals surface area contributed by atoms with Crippen LogP contribution in [0.4, 0.5) is 11.4 Å². The molecule has 0 aliphatic carbocycles. The first-order valence-corrected chi connectivity index (χ1v) is 13.5. The van der Waals surface area contributed by atoms with Gasteiger partial charge in [-0.2, -0.15) is 5.26 Å². The molecule has 2 amide bonds. The van der Waals surface area contributed by atoms with Gasteiger partial charge in [-0.1, -0.05) is 11.8 Å². The van der Waals surface area contributed by atoms with Crippen LogP contribution in [0.1, 0.15) is 35.9 Å². The molecule has 0 bridgehead atoms. The molecular formula is C30H28N4O6S. The number of hydrogen-bond donors (Lipinski definition) is 3. The Morgan fingerprint density at radius 3 is 2.44 bits per heavy atom. The third-order valence-electron chi connectivity index (χ3n) is 6.30. The number of benzene rings is 2. The van der Waals surface area contributed by atoms with Gasteiger partial charge in [-0.15, -0.1) is 0 Å². The van der Waals surface area contributed by atoms with Gasteiger partial charge in [0.25, 0.3) is 5.91 Å². The lowest BCUT2D eigenvalue weighted by atomic mass is 9.85. The topological polar surface area (TPSA) is 143 Å². The Morgan fingerprint density at radius 2 is 1.83 bits per heavy atom. The van der Waals surface area contributed by atoms with Gasteiger partial charge in [0.2, 0.25) is 5.91 Å². The minimum absolute atomic E-state index is 0.0112. The molecule has 3 N–H and O–H groups in total. The Kier molecular flexibility index (Phi) is 9.16. The van der Waals surface area contributed by atoms with Gasteiger partial charge < -0.3 is 29.8 Å². The molecule has 2 aromatic carbocycles. The molecule has 11 heteroatoms. The van der Waals surface area contributed by atoms with E-state index in [1.807, 2.05) is 0 Å². The van der Waals surface area contributed by atoms with E-state index in [4.69, 9.17) is 13.9 Å². The summed E-state index contributed by atoms with van der Waals surface area (Å²) in [7, 11) is 3.01. The van der Waals surface area contributed by atoms with Crippen LogP contribution in [0, 0.1) is 11.3 Å². The zero-order valence-corrected chi connectivity index (χ0v) is 23.7. The summed E-state index contributed by atoms with van der Waals surface area (Å²) in [6, 6.07) is 17.2. The molecule has 1 aliphatic heterocycles. The number of carbonyl (C=O) groups excluding carboxylic acids is 3. The van der Waals surface area contributed by atoms with Crippen LogP contribution in [0.15, 0.2) is 87.1 Å². The fourth-order valence-electron chi connectivity index (χ4n) is 4.29. The molecule has 0 saturated carbocycles. The van der Waals surface area contributed by atoms with Gasteiger partial charge in [0, 0.05) is 23.0 Å². The Morgan fingerprint density at radius 1 is 1.07 bits per heavy atom. The molecule has 0 fully saturated rings. The van der Waals surface area contributed by atoms with Crippen LogP contribution in [0.5, 0.6) is 11.5 Å². The first-order chi connectivity index (χ1) is 19.7. The van der Waals surface area contributed by atoms with Crippen molar-refractivity contribution in [1.82, 2.24) is 5.32 Å². The van der Waals surface area contributed by atoms with Crippen molar-refractivity contribution in [3.05, 3.63) is 94.1 Å². The third-order valence-corrected chi connectivity index (χ3v) is 7.31. The van der Waals surface area contributed by atoms with Crippen LogP contribution in [0.2, 0.25) is 0 Å². The van der Waals surface area contributed by atoms with Gasteiger partial charge in [0.05, 0.1) is 60.1 Å². The van der Waals surface area contributed by atoms with E-state index in [1.54, 1.807) is 61.5 Å². The summed E-state index contributed by atoms with van der Waals surface area (Å²) in [6.45, 7) is 3.19. The molecule has 2 heterocycles. The van der Waals surface area contributed by atoms with Crippen molar-refractivity contribution in [3.63, 3.8) is 0 Å². The smallest absolute Gasteiger partial charge is 0.254 e. The van der Waals surface area contributed by atoms with Gasteiger partial charge in [-0.05, 0) is 62.4 Å². The second-order valence-electron chi connectivity index (χ2n) is 8.96. The number of nitrogens with zero attached hydrogens (tertiary/aromatic N) is 1. The molecule has 1 aliphatic rings. The number of Topliss-reactive ketones (excluding diaryl/α,β-unsaturated/α-hetero) is 1. The van der Waals surface area contributed by atoms with Gasteiger partial charge in [-0.3, -0.25) is 14.4 Å². The van der Waals surface area contributed by atoms with E-state index in [1.165, 1.54) is 27.4 Å². The van der Waals surface area contributed by atoms with Crippen molar-refractivity contribution in [2.45, 2.75) is 19.8 Å². The van der Waals surface area contributed by atoms with Crippen LogP contribution < -0.4 is 25.4 Å². The van der Waals surface area contributed by atoms with Crippen molar-refractivity contribution in [3.8, 4) is 17.6 Å². The van der Waals surface area contributed by atoms with E-state index in [2.05, 4.69) is 22.0 Å². The van der Waals surface area contributed by atoms with Crippen molar-refractivity contribution >= 4 is 40.7 Å². The highest BCUT2D eigenvalue weighted by Gasteiger charge is 2.36. The van der Waals surface area contributed by atoms with E-state index in [0.29, 0.717) is 44.9 Å². The largest absolute Gasteiger partial charge is 0.497 e. The van der Waals surface area contributed by atoms with Crippen LogP contribution in [0.3, 0.4) is 0 Å². The highest BCUT2D eigenvalue weighted by Crippen LogP contribution is 2.41. The SMILES string of the molecule is COc1ccc(OC)c(NC(=O)C2=C(C)NC(SCC(=O)Nc3ccc(C(C)=O)cc3)=C(C#N)C2c2ccco2)c1. The second kappa shape index (κ2) is 12.9. The maximum absolute atomic E-state index is 13.7. The van der Waals surface area contributed by atoms with E-state index in [-0.39, 0.29) is 28.6 Å². The fourth-order valence-corrected chi connectivity index (χ4v) is 5.18. The van der Waals surface area contributed by atoms with Crippen LogP contribution in [0.25, 0.3) is 0 Å². The number of dihydropyridines is 1. The predicted molar refractivity (Wildman–Crippen MR) is 156 cm³/mol. The second-order valence-corrected chi connectivity index (χ2v) is 9.94. The first kappa shape index (κ1) is 29.0. The number of carbonyl (C=O) groups is 3. The molecule has 210 valence electrons. The van der Waals surface area contributed by atoms with E-state index >= 15 is 0 Å². The summed E-state index contributed by atoms with van der Waals surface area (Å²) in [5.74, 6) is -0.305. The summed E-state index contributed by atoms with van der Waals surface area (Å²) in [5, 5.41) is 19.4.